The number of carboxylic acids is 1. The van der Waals surface area contributed by atoms with Crippen molar-refractivity contribution in [2.75, 3.05) is 0 Å². The Hall–Kier alpha value is -3.82. The maximum atomic E-state index is 13.2. The van der Waals surface area contributed by atoms with Crippen molar-refractivity contribution in [3.63, 3.8) is 0 Å². The first kappa shape index (κ1) is 27.8. The summed E-state index contributed by atoms with van der Waals surface area (Å²) in [6.45, 7) is 0. The van der Waals surface area contributed by atoms with Crippen LogP contribution in [0.2, 0.25) is 10.0 Å². The van der Waals surface area contributed by atoms with E-state index in [4.69, 9.17) is 23.2 Å². The van der Waals surface area contributed by atoms with E-state index < -0.39 is 41.3 Å². The van der Waals surface area contributed by atoms with Gasteiger partial charge in [-0.3, -0.25) is 9.59 Å². The third kappa shape index (κ3) is 8.09. The standard InChI is InChI=1S/C26H19Cl2F3N2O4/c27-19-8-4-15(5-9-19)13-22(25(36)37)33-24(35)21(32-23(34)17-6-10-20(28)11-7-17)14-16-2-1-3-18(12-16)26(29,30)31/h1-12,14,22H,13H2,(H,32,34)(H,33,35)(H,36,37)/b21-14-/t22-/m0/s1. The SMILES string of the molecule is O=C(N[C@@H](Cc1ccc(Cl)cc1)C(=O)O)/C(=C/c1cccc(C(F)(F)F)c1)NC(=O)c1ccc(Cl)cc1. The van der Waals surface area contributed by atoms with Crippen LogP contribution in [0.5, 0.6) is 0 Å². The van der Waals surface area contributed by atoms with Crippen LogP contribution in [0.1, 0.15) is 27.0 Å². The van der Waals surface area contributed by atoms with Crippen molar-refractivity contribution >= 4 is 47.1 Å². The minimum absolute atomic E-state index is 0.0408. The predicted octanol–water partition coefficient (Wildman–Crippen LogP) is 5.60. The molecule has 0 spiro atoms. The van der Waals surface area contributed by atoms with E-state index in [1.807, 2.05) is 0 Å². The molecular formula is C26H19Cl2F3N2O4. The van der Waals surface area contributed by atoms with Gasteiger partial charge in [0.2, 0.25) is 0 Å². The van der Waals surface area contributed by atoms with E-state index in [-0.39, 0.29) is 17.5 Å². The third-order valence-electron chi connectivity index (χ3n) is 5.08. The summed E-state index contributed by atoms with van der Waals surface area (Å²) >= 11 is 11.7. The van der Waals surface area contributed by atoms with Crippen molar-refractivity contribution in [3.05, 3.63) is 111 Å². The number of alkyl halides is 3. The third-order valence-corrected chi connectivity index (χ3v) is 5.58. The first-order valence-electron chi connectivity index (χ1n) is 10.7. The van der Waals surface area contributed by atoms with E-state index in [1.54, 1.807) is 24.3 Å². The number of hydrogen-bond acceptors (Lipinski definition) is 3. The second-order valence-electron chi connectivity index (χ2n) is 7.84. The molecule has 3 aromatic rings. The van der Waals surface area contributed by atoms with E-state index in [0.717, 1.165) is 24.3 Å². The Kier molecular flexibility index (Phi) is 8.96. The minimum atomic E-state index is -4.63. The molecule has 0 saturated carbocycles. The highest BCUT2D eigenvalue weighted by Gasteiger charge is 2.30. The number of carbonyl (C=O) groups excluding carboxylic acids is 2. The normalized spacial score (nSPS) is 12.5. The van der Waals surface area contributed by atoms with Gasteiger partial charge in [0.05, 0.1) is 5.56 Å². The van der Waals surface area contributed by atoms with Crippen LogP contribution in [-0.2, 0) is 22.2 Å². The quantitative estimate of drug-likeness (QED) is 0.318. The van der Waals surface area contributed by atoms with Crippen molar-refractivity contribution in [2.45, 2.75) is 18.6 Å². The van der Waals surface area contributed by atoms with Crippen LogP contribution >= 0.6 is 23.2 Å². The van der Waals surface area contributed by atoms with Crippen molar-refractivity contribution in [2.24, 2.45) is 0 Å². The molecule has 0 bridgehead atoms. The molecule has 0 radical (unpaired) electrons. The molecule has 3 N–H and O–H groups in total. The van der Waals surface area contributed by atoms with Crippen molar-refractivity contribution < 1.29 is 32.7 Å². The van der Waals surface area contributed by atoms with Crippen molar-refractivity contribution in [1.29, 1.82) is 0 Å². The number of amides is 2. The molecule has 0 unspecified atom stereocenters. The average Bonchev–Trinajstić information content (AvgIpc) is 2.84. The lowest BCUT2D eigenvalue weighted by atomic mass is 10.1. The molecule has 1 atom stereocenters. The zero-order valence-electron chi connectivity index (χ0n) is 18.9. The van der Waals surface area contributed by atoms with Crippen LogP contribution in [0.25, 0.3) is 6.08 Å². The van der Waals surface area contributed by atoms with E-state index in [9.17, 15) is 32.7 Å². The summed E-state index contributed by atoms with van der Waals surface area (Å²) < 4.78 is 39.5. The van der Waals surface area contributed by atoms with Crippen LogP contribution in [0.3, 0.4) is 0 Å². The van der Waals surface area contributed by atoms with Gasteiger partial charge in [-0.1, -0.05) is 47.5 Å². The Balaban J connectivity index is 1.92. The topological polar surface area (TPSA) is 95.5 Å². The molecule has 3 rings (SSSR count). The lowest BCUT2D eigenvalue weighted by Crippen LogP contribution is -2.45. The van der Waals surface area contributed by atoms with Gasteiger partial charge in [-0.25, -0.2) is 4.79 Å². The maximum absolute atomic E-state index is 13.2. The summed E-state index contributed by atoms with van der Waals surface area (Å²) in [4.78, 5) is 37.7. The molecule has 11 heteroatoms. The van der Waals surface area contributed by atoms with Gasteiger partial charge in [0, 0.05) is 22.0 Å². The van der Waals surface area contributed by atoms with Crippen molar-refractivity contribution in [1.82, 2.24) is 10.6 Å². The van der Waals surface area contributed by atoms with Crippen molar-refractivity contribution in [3.8, 4) is 0 Å². The van der Waals surface area contributed by atoms with Gasteiger partial charge in [-0.2, -0.15) is 13.2 Å². The lowest BCUT2D eigenvalue weighted by Gasteiger charge is -2.17. The molecule has 0 fully saturated rings. The van der Waals surface area contributed by atoms with Gasteiger partial charge >= 0.3 is 12.1 Å². The molecule has 0 aromatic heterocycles. The number of nitrogens with one attached hydrogen (secondary N) is 2. The molecule has 0 aliphatic rings. The van der Waals surface area contributed by atoms with Crippen LogP contribution in [0.15, 0.2) is 78.5 Å². The molecule has 0 saturated heterocycles. The first-order chi connectivity index (χ1) is 17.4. The number of hydrogen-bond donors (Lipinski definition) is 3. The van der Waals surface area contributed by atoms with Crippen LogP contribution in [-0.4, -0.2) is 28.9 Å². The number of carboxylic acid groups (broad SMARTS) is 1. The molecular weight excluding hydrogens is 532 g/mol. The Morgan fingerprint density at radius 2 is 1.51 bits per heavy atom. The zero-order chi connectivity index (χ0) is 27.2. The molecule has 0 heterocycles. The number of aliphatic carboxylic acids is 1. The molecule has 37 heavy (non-hydrogen) atoms. The summed E-state index contributed by atoms with van der Waals surface area (Å²) in [6, 6.07) is 14.6. The highest BCUT2D eigenvalue weighted by atomic mass is 35.5. The summed E-state index contributed by atoms with van der Waals surface area (Å²) in [7, 11) is 0. The van der Waals surface area contributed by atoms with E-state index >= 15 is 0 Å². The number of rotatable bonds is 8. The minimum Gasteiger partial charge on any atom is -0.480 e. The van der Waals surface area contributed by atoms with Gasteiger partial charge in [0.1, 0.15) is 11.7 Å². The number of halogens is 5. The Bertz CT molecular complexity index is 1320. The van der Waals surface area contributed by atoms with Crippen LogP contribution in [0.4, 0.5) is 13.2 Å². The second kappa shape index (κ2) is 11.9. The van der Waals surface area contributed by atoms with Gasteiger partial charge in [-0.15, -0.1) is 0 Å². The van der Waals surface area contributed by atoms with Crippen LogP contribution < -0.4 is 10.6 Å². The summed E-state index contributed by atoms with van der Waals surface area (Å²) in [5.74, 6) is -3.12. The van der Waals surface area contributed by atoms with Gasteiger partial charge in [-0.05, 0) is 65.7 Å². The monoisotopic (exact) mass is 550 g/mol. The second-order valence-corrected chi connectivity index (χ2v) is 8.71. The fourth-order valence-electron chi connectivity index (χ4n) is 3.22. The molecule has 0 aliphatic carbocycles. The molecule has 192 valence electrons. The summed E-state index contributed by atoms with van der Waals surface area (Å²) in [5.41, 5.74) is -0.785. The Morgan fingerprint density at radius 1 is 0.919 bits per heavy atom. The number of carbonyl (C=O) groups is 3. The maximum Gasteiger partial charge on any atom is 0.416 e. The fraction of sp³-hybridized carbons (Fsp3) is 0.115. The average molecular weight is 551 g/mol. The van der Waals surface area contributed by atoms with E-state index in [2.05, 4.69) is 10.6 Å². The summed E-state index contributed by atoms with van der Waals surface area (Å²) in [5, 5.41) is 15.1. The highest BCUT2D eigenvalue weighted by molar-refractivity contribution is 6.30. The van der Waals surface area contributed by atoms with Gasteiger partial charge in [0.25, 0.3) is 11.8 Å². The first-order valence-corrected chi connectivity index (χ1v) is 11.4. The van der Waals surface area contributed by atoms with E-state index in [1.165, 1.54) is 30.3 Å². The Morgan fingerprint density at radius 3 is 2.08 bits per heavy atom. The molecule has 6 nitrogen and oxygen atoms in total. The molecule has 0 aliphatic heterocycles. The fourth-order valence-corrected chi connectivity index (χ4v) is 3.47. The Labute approximate surface area is 219 Å². The number of benzene rings is 3. The largest absolute Gasteiger partial charge is 0.480 e. The molecule has 2 amide bonds. The smallest absolute Gasteiger partial charge is 0.416 e. The predicted molar refractivity (Wildman–Crippen MR) is 133 cm³/mol. The highest BCUT2D eigenvalue weighted by Crippen LogP contribution is 2.30. The zero-order valence-corrected chi connectivity index (χ0v) is 20.4. The van der Waals surface area contributed by atoms with Crippen LogP contribution in [0, 0.1) is 0 Å². The molecule has 3 aromatic carbocycles. The summed E-state index contributed by atoms with van der Waals surface area (Å²) in [6.07, 6.45) is -3.72. The lowest BCUT2D eigenvalue weighted by molar-refractivity contribution is -0.141. The van der Waals surface area contributed by atoms with Gasteiger partial charge < -0.3 is 15.7 Å². The van der Waals surface area contributed by atoms with E-state index in [0.29, 0.717) is 15.6 Å². The van der Waals surface area contributed by atoms with Gasteiger partial charge in [0.15, 0.2) is 0 Å².